The number of aromatic nitrogens is 1. The van der Waals surface area contributed by atoms with Gasteiger partial charge < -0.3 is 10.1 Å². The summed E-state index contributed by atoms with van der Waals surface area (Å²) in [6, 6.07) is 6.83. The highest BCUT2D eigenvalue weighted by atomic mass is 35.5. The topological polar surface area (TPSA) is 106 Å². The first kappa shape index (κ1) is 22.5. The van der Waals surface area contributed by atoms with Crippen LogP contribution in [-0.2, 0) is 19.6 Å². The number of nitrogens with zero attached hydrogens (tertiary/aromatic N) is 2. The molecule has 1 aliphatic heterocycles. The zero-order valence-electron chi connectivity index (χ0n) is 16.0. The number of sulfonamides is 1. The van der Waals surface area contributed by atoms with Crippen LogP contribution in [0.15, 0.2) is 41.4 Å². The number of halogens is 2. The Hall–Kier alpha value is -2.20. The molecule has 1 amide bonds. The Morgan fingerprint density at radius 1 is 1.17 bits per heavy atom. The standard InChI is InChI=1S/C19H19Cl2N3O5S/c1-12(18(25)23-17-16(21)10-14(20)11-22-17)29-19(26)13-4-6-15(7-5-13)30(27,28)24-8-2-3-9-24/h4-7,10-12H,2-3,8-9H2,1H3,(H,22,23,25)/t12-/m0/s1. The fourth-order valence-corrected chi connectivity index (χ4v) is 4.79. The molecule has 30 heavy (non-hydrogen) atoms. The van der Waals surface area contributed by atoms with Gasteiger partial charge >= 0.3 is 5.97 Å². The van der Waals surface area contributed by atoms with E-state index < -0.39 is 28.0 Å². The van der Waals surface area contributed by atoms with E-state index in [2.05, 4.69) is 10.3 Å². The summed E-state index contributed by atoms with van der Waals surface area (Å²) in [5.41, 5.74) is 0.123. The zero-order chi connectivity index (χ0) is 21.9. The first-order chi connectivity index (χ1) is 14.2. The molecule has 0 radical (unpaired) electrons. The highest BCUT2D eigenvalue weighted by molar-refractivity contribution is 7.89. The second-order valence-electron chi connectivity index (χ2n) is 6.66. The molecule has 1 aromatic carbocycles. The van der Waals surface area contributed by atoms with E-state index >= 15 is 0 Å². The minimum absolute atomic E-state index is 0.0884. The van der Waals surface area contributed by atoms with E-state index in [9.17, 15) is 18.0 Å². The number of carbonyl (C=O) groups is 2. The number of amides is 1. The Balaban J connectivity index is 1.63. The fourth-order valence-electron chi connectivity index (χ4n) is 2.85. The van der Waals surface area contributed by atoms with Crippen molar-refractivity contribution in [2.24, 2.45) is 0 Å². The van der Waals surface area contributed by atoms with Crippen LogP contribution in [0.4, 0.5) is 5.82 Å². The molecule has 1 fully saturated rings. The summed E-state index contributed by atoms with van der Waals surface area (Å²) >= 11 is 11.7. The number of hydrogen-bond acceptors (Lipinski definition) is 6. The second-order valence-corrected chi connectivity index (χ2v) is 9.44. The quantitative estimate of drug-likeness (QED) is 0.647. The van der Waals surface area contributed by atoms with E-state index in [1.54, 1.807) is 0 Å². The average molecular weight is 472 g/mol. The third kappa shape index (κ3) is 5.10. The molecule has 1 saturated heterocycles. The summed E-state index contributed by atoms with van der Waals surface area (Å²) in [6.07, 6.45) is 1.84. The van der Waals surface area contributed by atoms with E-state index in [4.69, 9.17) is 27.9 Å². The number of pyridine rings is 1. The molecule has 1 aliphatic rings. The van der Waals surface area contributed by atoms with Crippen LogP contribution in [0.5, 0.6) is 0 Å². The van der Waals surface area contributed by atoms with Crippen molar-refractivity contribution < 1.29 is 22.7 Å². The maximum atomic E-state index is 12.5. The van der Waals surface area contributed by atoms with Crippen LogP contribution in [0.2, 0.25) is 10.0 Å². The van der Waals surface area contributed by atoms with Gasteiger partial charge in [-0.05, 0) is 50.1 Å². The molecule has 3 rings (SSSR count). The van der Waals surface area contributed by atoms with Gasteiger partial charge in [0.15, 0.2) is 11.9 Å². The largest absolute Gasteiger partial charge is 0.449 e. The van der Waals surface area contributed by atoms with Crippen molar-refractivity contribution in [1.82, 2.24) is 9.29 Å². The fraction of sp³-hybridized carbons (Fsp3) is 0.316. The first-order valence-electron chi connectivity index (χ1n) is 9.11. The smallest absolute Gasteiger partial charge is 0.338 e. The van der Waals surface area contributed by atoms with Gasteiger partial charge in [0.2, 0.25) is 10.0 Å². The van der Waals surface area contributed by atoms with Gasteiger partial charge in [-0.1, -0.05) is 23.2 Å². The van der Waals surface area contributed by atoms with Crippen LogP contribution in [0.1, 0.15) is 30.1 Å². The SMILES string of the molecule is C[C@H](OC(=O)c1ccc(S(=O)(=O)N2CCCC2)cc1)C(=O)Nc1ncc(Cl)cc1Cl. The lowest BCUT2D eigenvalue weighted by atomic mass is 10.2. The minimum atomic E-state index is -3.57. The molecule has 0 spiro atoms. The highest BCUT2D eigenvalue weighted by Gasteiger charge is 2.27. The van der Waals surface area contributed by atoms with Crippen LogP contribution in [-0.4, -0.2) is 48.8 Å². The van der Waals surface area contributed by atoms with Gasteiger partial charge in [-0.3, -0.25) is 4.79 Å². The van der Waals surface area contributed by atoms with Crippen molar-refractivity contribution in [2.45, 2.75) is 30.8 Å². The number of nitrogens with one attached hydrogen (secondary N) is 1. The summed E-state index contributed by atoms with van der Waals surface area (Å²) in [5, 5.41) is 2.91. The van der Waals surface area contributed by atoms with E-state index in [1.165, 1.54) is 47.8 Å². The number of ether oxygens (including phenoxy) is 1. The predicted molar refractivity (Wildman–Crippen MR) is 112 cm³/mol. The van der Waals surface area contributed by atoms with Gasteiger partial charge in [-0.2, -0.15) is 4.31 Å². The molecule has 2 aromatic rings. The van der Waals surface area contributed by atoms with E-state index in [0.29, 0.717) is 18.1 Å². The number of esters is 1. The molecule has 11 heteroatoms. The van der Waals surface area contributed by atoms with Crippen molar-refractivity contribution >= 4 is 50.9 Å². The molecule has 1 N–H and O–H groups in total. The molecule has 0 unspecified atom stereocenters. The molecule has 1 atom stereocenters. The number of hydrogen-bond donors (Lipinski definition) is 1. The van der Waals surface area contributed by atoms with Gasteiger partial charge in [-0.25, -0.2) is 18.2 Å². The van der Waals surface area contributed by atoms with Crippen molar-refractivity contribution in [3.8, 4) is 0 Å². The second kappa shape index (κ2) is 9.30. The molecule has 0 saturated carbocycles. The summed E-state index contributed by atoms with van der Waals surface area (Å²) in [7, 11) is -3.57. The lowest BCUT2D eigenvalue weighted by Crippen LogP contribution is -2.30. The highest BCUT2D eigenvalue weighted by Crippen LogP contribution is 2.23. The molecule has 160 valence electrons. The van der Waals surface area contributed by atoms with Gasteiger partial charge in [0.25, 0.3) is 5.91 Å². The van der Waals surface area contributed by atoms with Gasteiger partial charge in [0.1, 0.15) is 0 Å². The number of rotatable bonds is 6. The van der Waals surface area contributed by atoms with Crippen LogP contribution in [0, 0.1) is 0 Å². The van der Waals surface area contributed by atoms with Gasteiger partial charge in [-0.15, -0.1) is 0 Å². The maximum Gasteiger partial charge on any atom is 0.338 e. The lowest BCUT2D eigenvalue weighted by Gasteiger charge is -2.16. The molecule has 1 aromatic heterocycles. The van der Waals surface area contributed by atoms with E-state index in [1.807, 2.05) is 0 Å². The summed E-state index contributed by atoms with van der Waals surface area (Å²) in [5.74, 6) is -1.31. The molecule has 2 heterocycles. The molecular weight excluding hydrogens is 453 g/mol. The normalized spacial score (nSPS) is 15.6. The van der Waals surface area contributed by atoms with Crippen LogP contribution in [0.25, 0.3) is 0 Å². The van der Waals surface area contributed by atoms with Crippen molar-refractivity contribution in [1.29, 1.82) is 0 Å². The molecular formula is C19H19Cl2N3O5S. The maximum absolute atomic E-state index is 12.5. The summed E-state index contributed by atoms with van der Waals surface area (Å²) in [6.45, 7) is 2.37. The Bertz CT molecular complexity index is 1050. The monoisotopic (exact) mass is 471 g/mol. The Morgan fingerprint density at radius 3 is 2.40 bits per heavy atom. The van der Waals surface area contributed by atoms with Crippen molar-refractivity contribution in [3.63, 3.8) is 0 Å². The van der Waals surface area contributed by atoms with Crippen molar-refractivity contribution in [3.05, 3.63) is 52.1 Å². The third-order valence-corrected chi connectivity index (χ3v) is 6.90. The lowest BCUT2D eigenvalue weighted by molar-refractivity contribution is -0.123. The van der Waals surface area contributed by atoms with Crippen LogP contribution < -0.4 is 5.32 Å². The Morgan fingerprint density at radius 2 is 1.80 bits per heavy atom. The van der Waals surface area contributed by atoms with E-state index in [0.717, 1.165) is 12.8 Å². The van der Waals surface area contributed by atoms with Crippen LogP contribution in [0.3, 0.4) is 0 Å². The molecule has 8 nitrogen and oxygen atoms in total. The molecule has 0 aliphatic carbocycles. The first-order valence-corrected chi connectivity index (χ1v) is 11.3. The van der Waals surface area contributed by atoms with Gasteiger partial charge in [0, 0.05) is 19.3 Å². The Labute approximate surface area is 184 Å². The number of benzene rings is 1. The average Bonchev–Trinajstić information content (AvgIpc) is 3.26. The zero-order valence-corrected chi connectivity index (χ0v) is 18.3. The molecule has 0 bridgehead atoms. The van der Waals surface area contributed by atoms with Gasteiger partial charge in [0.05, 0.1) is 20.5 Å². The summed E-state index contributed by atoms with van der Waals surface area (Å²) in [4.78, 5) is 28.6. The van der Waals surface area contributed by atoms with Crippen molar-refractivity contribution in [2.75, 3.05) is 18.4 Å². The number of anilines is 1. The van der Waals surface area contributed by atoms with E-state index in [-0.39, 0.29) is 21.3 Å². The third-order valence-electron chi connectivity index (χ3n) is 4.50. The van der Waals surface area contributed by atoms with Crippen LogP contribution >= 0.6 is 23.2 Å². The summed E-state index contributed by atoms with van der Waals surface area (Å²) < 4.78 is 31.6. The number of carbonyl (C=O) groups excluding carboxylic acids is 2. The Kier molecular flexibility index (Phi) is 6.97. The minimum Gasteiger partial charge on any atom is -0.449 e. The predicted octanol–water partition coefficient (Wildman–Crippen LogP) is 3.36.